The summed E-state index contributed by atoms with van der Waals surface area (Å²) in [4.78, 5) is 0. The van der Waals surface area contributed by atoms with Gasteiger partial charge in [0.1, 0.15) is 5.75 Å². The molecule has 5 heteroatoms. The van der Waals surface area contributed by atoms with Crippen molar-refractivity contribution in [1.82, 2.24) is 10.6 Å². The number of fused-ring (bicyclic) bond motifs is 5. The van der Waals surface area contributed by atoms with Crippen LogP contribution < -0.4 is 10.6 Å². The zero-order valence-electron chi connectivity index (χ0n) is 32.2. The van der Waals surface area contributed by atoms with Crippen LogP contribution in [0, 0.1) is 51.2 Å². The summed E-state index contributed by atoms with van der Waals surface area (Å²) in [5.41, 5.74) is 6.84. The zero-order chi connectivity index (χ0) is 35.6. The molecule has 3 nitrogen and oxygen atoms in total. The number of hydrogen-bond donors (Lipinski definition) is 3. The van der Waals surface area contributed by atoms with E-state index in [4.69, 9.17) is 0 Å². The molecule has 6 aliphatic carbocycles. The van der Waals surface area contributed by atoms with Crippen molar-refractivity contribution >= 4 is 21.6 Å². The molecule has 0 saturated heterocycles. The van der Waals surface area contributed by atoms with E-state index in [1.54, 1.807) is 0 Å². The van der Waals surface area contributed by atoms with Crippen LogP contribution in [0.5, 0.6) is 5.75 Å². The van der Waals surface area contributed by atoms with Crippen LogP contribution in [0.2, 0.25) is 0 Å². The van der Waals surface area contributed by atoms with Crippen LogP contribution in [0.4, 0.5) is 0 Å². The minimum absolute atomic E-state index is 0.235. The third kappa shape index (κ3) is 6.38. The number of rotatable bonds is 2. The van der Waals surface area contributed by atoms with Gasteiger partial charge in [0, 0.05) is 29.0 Å². The molecule has 5 bridgehead atoms. The van der Waals surface area contributed by atoms with Gasteiger partial charge in [-0.05, 0) is 178 Å². The second-order valence-electron chi connectivity index (χ2n) is 19.4. The molecule has 1 aliphatic heterocycles. The quantitative estimate of drug-likeness (QED) is 0.212. The predicted octanol–water partition coefficient (Wildman–Crippen LogP) is 10.9. The number of nitrogens with one attached hydrogen (secondary N) is 2. The highest BCUT2D eigenvalue weighted by molar-refractivity contribution is 8.77. The molecule has 52 heavy (non-hydrogen) atoms. The van der Waals surface area contributed by atoms with Crippen LogP contribution in [-0.4, -0.2) is 35.7 Å². The number of aromatic hydroxyl groups is 1. The van der Waals surface area contributed by atoms with E-state index in [0.29, 0.717) is 45.6 Å². The van der Waals surface area contributed by atoms with Crippen LogP contribution in [0.25, 0.3) is 0 Å². The van der Waals surface area contributed by atoms with Crippen molar-refractivity contribution in [2.45, 2.75) is 122 Å². The molecular formula is C47H64N2OS2. The summed E-state index contributed by atoms with van der Waals surface area (Å²) in [7, 11) is 6.48. The number of phenols is 1. The van der Waals surface area contributed by atoms with Crippen LogP contribution >= 0.6 is 21.6 Å². The predicted molar refractivity (Wildman–Crippen MR) is 222 cm³/mol. The van der Waals surface area contributed by atoms with Crippen molar-refractivity contribution in [2.24, 2.45) is 51.2 Å². The zero-order valence-corrected chi connectivity index (χ0v) is 33.8. The lowest BCUT2D eigenvalue weighted by molar-refractivity contribution is -0.137. The van der Waals surface area contributed by atoms with Crippen LogP contribution in [0.3, 0.4) is 0 Å². The lowest BCUT2D eigenvalue weighted by atomic mass is 9.36. The fourth-order valence-corrected chi connectivity index (χ4v) is 17.3. The molecule has 4 saturated carbocycles. The van der Waals surface area contributed by atoms with E-state index in [9.17, 15) is 5.11 Å². The molecule has 2 aromatic rings. The monoisotopic (exact) mass is 736 g/mol. The molecule has 1 heterocycles. The first-order valence-corrected chi connectivity index (χ1v) is 23.5. The van der Waals surface area contributed by atoms with Gasteiger partial charge in [0.05, 0.1) is 0 Å². The smallest absolute Gasteiger partial charge is 0.116 e. The maximum atomic E-state index is 11.3. The minimum Gasteiger partial charge on any atom is -0.508 e. The molecule has 2 aromatic carbocycles. The Kier molecular flexibility index (Phi) is 9.78. The molecule has 9 rings (SSSR count). The Morgan fingerprint density at radius 1 is 0.923 bits per heavy atom. The molecule has 0 unspecified atom stereocenters. The van der Waals surface area contributed by atoms with Crippen LogP contribution in [-0.2, 0) is 19.4 Å². The normalized spacial score (nSPS) is 40.9. The Morgan fingerprint density at radius 3 is 2.58 bits per heavy atom. The maximum absolute atomic E-state index is 11.3. The summed E-state index contributed by atoms with van der Waals surface area (Å²) in [5.74, 6) is 5.17. The topological polar surface area (TPSA) is 44.3 Å². The van der Waals surface area contributed by atoms with E-state index in [1.165, 1.54) is 106 Å². The summed E-state index contributed by atoms with van der Waals surface area (Å²) in [5, 5.41) is 19.4. The third-order valence-corrected chi connectivity index (χ3v) is 19.0. The van der Waals surface area contributed by atoms with Gasteiger partial charge in [0.2, 0.25) is 0 Å². The second kappa shape index (κ2) is 14.1. The fraction of sp³-hybridized carbons (Fsp3) is 0.660. The summed E-state index contributed by atoms with van der Waals surface area (Å²) < 4.78 is 0. The fourth-order valence-electron chi connectivity index (χ4n) is 14.2. The largest absolute Gasteiger partial charge is 0.508 e. The van der Waals surface area contributed by atoms with Gasteiger partial charge >= 0.3 is 0 Å². The molecule has 4 spiro atoms. The Balaban J connectivity index is 1.15. The van der Waals surface area contributed by atoms with Gasteiger partial charge in [-0.25, -0.2) is 0 Å². The van der Waals surface area contributed by atoms with E-state index in [-0.39, 0.29) is 10.8 Å². The summed E-state index contributed by atoms with van der Waals surface area (Å²) >= 11 is 0. The Bertz CT molecular complexity index is 1680. The lowest BCUT2D eigenvalue weighted by Crippen LogP contribution is -2.61. The van der Waals surface area contributed by atoms with E-state index < -0.39 is 0 Å². The first-order chi connectivity index (χ1) is 25.2. The van der Waals surface area contributed by atoms with Gasteiger partial charge in [-0.15, -0.1) is 0 Å². The van der Waals surface area contributed by atoms with E-state index in [2.05, 4.69) is 114 Å². The number of hydrogen-bond acceptors (Lipinski definition) is 5. The van der Waals surface area contributed by atoms with Gasteiger partial charge < -0.3 is 15.7 Å². The lowest BCUT2D eigenvalue weighted by Gasteiger charge is -2.68. The van der Waals surface area contributed by atoms with Crippen molar-refractivity contribution < 1.29 is 5.11 Å². The Labute approximate surface area is 322 Å². The van der Waals surface area contributed by atoms with Crippen LogP contribution in [0.15, 0.2) is 66.8 Å². The Morgan fingerprint density at radius 2 is 1.75 bits per heavy atom. The van der Waals surface area contributed by atoms with Gasteiger partial charge in [-0.3, -0.25) is 0 Å². The van der Waals surface area contributed by atoms with Crippen molar-refractivity contribution in [3.63, 3.8) is 0 Å². The first kappa shape index (κ1) is 36.0. The number of phenolic OH excluding ortho intramolecular Hbond substituents is 1. The average Bonchev–Trinajstić information content (AvgIpc) is 3.69. The van der Waals surface area contributed by atoms with Gasteiger partial charge in [0.15, 0.2) is 0 Å². The molecular weight excluding hydrogens is 673 g/mol. The molecule has 0 aromatic heterocycles. The highest BCUT2D eigenvalue weighted by Gasteiger charge is 2.68. The highest BCUT2D eigenvalue weighted by atomic mass is 33.1. The maximum Gasteiger partial charge on any atom is 0.116 e. The molecule has 7 aliphatic rings. The van der Waals surface area contributed by atoms with E-state index in [0.717, 1.165) is 37.0 Å². The molecule has 0 radical (unpaired) electrons. The van der Waals surface area contributed by atoms with Gasteiger partial charge in [-0.2, -0.15) is 0 Å². The third-order valence-electron chi connectivity index (χ3n) is 16.0. The van der Waals surface area contributed by atoms with Crippen LogP contribution in [0.1, 0.15) is 113 Å². The van der Waals surface area contributed by atoms with Gasteiger partial charge in [-0.1, -0.05) is 96.0 Å². The standard InChI is InChI=1S/C47H64N2OS2/c1-32-9-8-15-46(23-32)31-44(25-40(28-48-3)45(30-44)13-6-7-14-45)26-42-38-19-35-17-34(20-41(50)21-35)18-36-10-4-5-11-37(36)27-49-33(2)29-51-52-43-12-16-47(42,46)24-39(43)22-38/h4-5,8,10-12,15-17,20-21,32-33,38-40,42-43,48-50H,6-7,9,13-14,18-19,22-31H2,1-3H3/t32-,33-,38+,39+,40-,42-,43-,44+,46-,47-/m0/s1. The molecule has 3 N–H and O–H groups in total. The van der Waals surface area contributed by atoms with Crippen molar-refractivity contribution in [3.8, 4) is 5.75 Å². The first-order valence-electron chi connectivity index (χ1n) is 21.1. The Hall–Kier alpha value is -1.66. The summed E-state index contributed by atoms with van der Waals surface area (Å²) in [6.45, 7) is 7.00. The summed E-state index contributed by atoms with van der Waals surface area (Å²) in [6.07, 6.45) is 29.9. The minimum atomic E-state index is 0.235. The van der Waals surface area contributed by atoms with E-state index in [1.807, 2.05) is 6.07 Å². The number of benzene rings is 2. The summed E-state index contributed by atoms with van der Waals surface area (Å²) in [6, 6.07) is 16.0. The SMILES string of the molecule is CNC[C@@H]1C[C@@]2(C[C@H]3[C@@H]4Cc5cc(O)cc(c5)Cc5ccccc5CN[C@@H](C)CSS[C@H]5C=C[C@@]3(C[C@H]5C4)[C@]3(C=CC[C@H](C)C3)C2)CC12CCCC2. The highest BCUT2D eigenvalue weighted by Crippen LogP contribution is 2.77. The molecule has 0 amide bonds. The van der Waals surface area contributed by atoms with Crippen molar-refractivity contribution in [1.29, 1.82) is 0 Å². The number of allylic oxidation sites excluding steroid dienone is 3. The molecule has 4 fully saturated rings. The van der Waals surface area contributed by atoms with Crippen molar-refractivity contribution in [2.75, 3.05) is 19.3 Å². The average molecular weight is 737 g/mol. The van der Waals surface area contributed by atoms with Crippen molar-refractivity contribution in [3.05, 3.63) is 89.0 Å². The van der Waals surface area contributed by atoms with E-state index >= 15 is 0 Å². The second-order valence-corrected chi connectivity index (χ2v) is 22.0. The van der Waals surface area contributed by atoms with Gasteiger partial charge in [0.25, 0.3) is 0 Å². The molecule has 280 valence electrons. The molecule has 10 atom stereocenters.